The van der Waals surface area contributed by atoms with E-state index < -0.39 is 0 Å². The number of fused-ring (bicyclic) bond motifs is 1. The number of carbonyl (C=O) groups is 1. The van der Waals surface area contributed by atoms with Gasteiger partial charge in [0.05, 0.1) is 11.4 Å². The number of halogens is 1. The molecule has 0 radical (unpaired) electrons. The number of H-pyrrole nitrogens is 1. The summed E-state index contributed by atoms with van der Waals surface area (Å²) in [7, 11) is 0. The van der Waals surface area contributed by atoms with Crippen molar-refractivity contribution in [1.82, 2.24) is 19.5 Å². The van der Waals surface area contributed by atoms with Crippen molar-refractivity contribution in [1.29, 1.82) is 0 Å². The van der Waals surface area contributed by atoms with Crippen LogP contribution >= 0.6 is 0 Å². The number of amides is 1. The van der Waals surface area contributed by atoms with Crippen LogP contribution in [0.1, 0.15) is 23.6 Å². The lowest BCUT2D eigenvalue weighted by Gasteiger charge is -2.16. The quantitative estimate of drug-likeness (QED) is 0.569. The van der Waals surface area contributed by atoms with Crippen LogP contribution in [0.5, 0.6) is 0 Å². The number of nitrogens with zero attached hydrogens (tertiary/aromatic N) is 3. The first-order chi connectivity index (χ1) is 14.6. The maximum absolute atomic E-state index is 13.2. The number of benzene rings is 2. The normalized spacial score (nSPS) is 16.5. The zero-order valence-electron chi connectivity index (χ0n) is 16.1. The van der Waals surface area contributed by atoms with Crippen LogP contribution in [-0.2, 0) is 11.3 Å². The Hall–Kier alpha value is -3.74. The topological polar surface area (TPSA) is 70.5 Å². The molecule has 2 aromatic carbocycles. The van der Waals surface area contributed by atoms with Gasteiger partial charge in [0.25, 0.3) is 5.56 Å². The molecule has 1 saturated heterocycles. The number of likely N-dealkylation sites (tertiary alicyclic amines) is 1. The molecule has 5 rings (SSSR count). The fourth-order valence-corrected chi connectivity index (χ4v) is 3.92. The van der Waals surface area contributed by atoms with E-state index in [2.05, 4.69) is 10.1 Å². The maximum Gasteiger partial charge on any atom is 0.272 e. The minimum absolute atomic E-state index is 0.0620. The van der Waals surface area contributed by atoms with Gasteiger partial charge in [-0.05, 0) is 35.4 Å². The minimum atomic E-state index is -0.321. The lowest BCUT2D eigenvalue weighted by Crippen LogP contribution is -2.24. The molecule has 1 aliphatic rings. The van der Waals surface area contributed by atoms with Crippen molar-refractivity contribution in [3.8, 4) is 11.3 Å². The van der Waals surface area contributed by atoms with Crippen LogP contribution in [-0.4, -0.2) is 31.9 Å². The van der Waals surface area contributed by atoms with Gasteiger partial charge >= 0.3 is 0 Å². The van der Waals surface area contributed by atoms with E-state index >= 15 is 0 Å². The third kappa shape index (κ3) is 3.39. The smallest absolute Gasteiger partial charge is 0.272 e. The number of hydrogen-bond acceptors (Lipinski definition) is 3. The monoisotopic (exact) mass is 402 g/mol. The number of carbonyl (C=O) groups excluding carboxylic acids is 1. The molecular formula is C23H19FN4O2. The standard InChI is InChI=1S/C23H19FN4O2/c24-18-8-6-16(7-9-18)20-11-21-25-19(12-23(30)28(21)26-20)17-10-22(29)27(14-17)13-15-4-2-1-3-5-15/h1-9,11-12,17,26H,10,13-14H2/t17-/m0/s1. The molecule has 6 nitrogen and oxygen atoms in total. The lowest BCUT2D eigenvalue weighted by molar-refractivity contribution is -0.128. The van der Waals surface area contributed by atoms with E-state index in [0.29, 0.717) is 36.5 Å². The molecule has 0 aliphatic carbocycles. The molecule has 0 spiro atoms. The Morgan fingerprint density at radius 3 is 2.57 bits per heavy atom. The molecule has 1 fully saturated rings. The molecule has 0 saturated carbocycles. The Balaban J connectivity index is 1.43. The van der Waals surface area contributed by atoms with E-state index in [0.717, 1.165) is 11.1 Å². The van der Waals surface area contributed by atoms with Crippen molar-refractivity contribution in [3.63, 3.8) is 0 Å². The van der Waals surface area contributed by atoms with Gasteiger partial charge in [-0.3, -0.25) is 14.7 Å². The van der Waals surface area contributed by atoms with Crippen molar-refractivity contribution in [3.05, 3.63) is 94.2 Å². The van der Waals surface area contributed by atoms with E-state index in [-0.39, 0.29) is 23.2 Å². The summed E-state index contributed by atoms with van der Waals surface area (Å²) in [5, 5.41) is 3.01. The highest BCUT2D eigenvalue weighted by Gasteiger charge is 2.32. The summed E-state index contributed by atoms with van der Waals surface area (Å²) in [6.07, 6.45) is 0.338. The predicted octanol–water partition coefficient (Wildman–Crippen LogP) is 3.34. The number of aromatic nitrogens is 3. The van der Waals surface area contributed by atoms with Crippen molar-refractivity contribution < 1.29 is 9.18 Å². The summed E-state index contributed by atoms with van der Waals surface area (Å²) in [6, 6.07) is 19.1. The molecule has 0 unspecified atom stereocenters. The highest BCUT2D eigenvalue weighted by molar-refractivity contribution is 5.79. The summed E-state index contributed by atoms with van der Waals surface area (Å²) in [5.74, 6) is -0.381. The fraction of sp³-hybridized carbons (Fsp3) is 0.174. The highest BCUT2D eigenvalue weighted by Crippen LogP contribution is 2.28. The van der Waals surface area contributed by atoms with Gasteiger partial charge in [-0.1, -0.05) is 30.3 Å². The summed E-state index contributed by atoms with van der Waals surface area (Å²) in [6.45, 7) is 1.09. The molecule has 1 aliphatic heterocycles. The van der Waals surface area contributed by atoms with Crippen LogP contribution in [0.3, 0.4) is 0 Å². The summed E-state index contributed by atoms with van der Waals surface area (Å²) in [4.78, 5) is 31.6. The molecular weight excluding hydrogens is 383 g/mol. The van der Waals surface area contributed by atoms with Crippen molar-refractivity contribution in [2.24, 2.45) is 0 Å². The van der Waals surface area contributed by atoms with Gasteiger partial charge in [-0.15, -0.1) is 0 Å². The summed E-state index contributed by atoms with van der Waals surface area (Å²) >= 11 is 0. The Bertz CT molecular complexity index is 1280. The number of nitrogens with one attached hydrogen (secondary N) is 1. The molecule has 3 heterocycles. The average molecular weight is 402 g/mol. The predicted molar refractivity (Wildman–Crippen MR) is 110 cm³/mol. The van der Waals surface area contributed by atoms with Gasteiger partial charge in [0.15, 0.2) is 5.65 Å². The van der Waals surface area contributed by atoms with Crippen molar-refractivity contribution >= 4 is 11.6 Å². The highest BCUT2D eigenvalue weighted by atomic mass is 19.1. The molecule has 2 aromatic heterocycles. The zero-order valence-corrected chi connectivity index (χ0v) is 16.1. The van der Waals surface area contributed by atoms with Crippen LogP contribution in [0.25, 0.3) is 16.9 Å². The molecule has 1 amide bonds. The molecule has 7 heteroatoms. The zero-order chi connectivity index (χ0) is 20.7. The van der Waals surface area contributed by atoms with Gasteiger partial charge in [-0.25, -0.2) is 13.9 Å². The molecule has 1 N–H and O–H groups in total. The van der Waals surface area contributed by atoms with Gasteiger partial charge in [0.1, 0.15) is 5.82 Å². The maximum atomic E-state index is 13.2. The molecule has 1 atom stereocenters. The van der Waals surface area contributed by atoms with E-state index in [1.165, 1.54) is 22.7 Å². The van der Waals surface area contributed by atoms with Crippen LogP contribution in [0, 0.1) is 5.82 Å². The van der Waals surface area contributed by atoms with E-state index in [4.69, 9.17) is 0 Å². The summed E-state index contributed by atoms with van der Waals surface area (Å²) < 4.78 is 14.6. The number of aromatic amines is 1. The average Bonchev–Trinajstić information content (AvgIpc) is 3.34. The van der Waals surface area contributed by atoms with Crippen molar-refractivity contribution in [2.45, 2.75) is 18.9 Å². The SMILES string of the molecule is O=C1C[C@H](c2cc(=O)n3[nH]c(-c4ccc(F)cc4)cc3n2)CN1Cc1ccccc1. The van der Waals surface area contributed by atoms with E-state index in [1.54, 1.807) is 18.2 Å². The first kappa shape index (κ1) is 18.3. The Kier molecular flexibility index (Phi) is 4.43. The Labute approximate surface area is 171 Å². The molecule has 0 bridgehead atoms. The Morgan fingerprint density at radius 1 is 1.03 bits per heavy atom. The van der Waals surface area contributed by atoms with Gasteiger partial charge in [0.2, 0.25) is 5.91 Å². The van der Waals surface area contributed by atoms with Crippen LogP contribution in [0.4, 0.5) is 4.39 Å². The first-order valence-electron chi connectivity index (χ1n) is 9.77. The largest absolute Gasteiger partial charge is 0.338 e. The third-order valence-electron chi connectivity index (χ3n) is 5.47. The second-order valence-corrected chi connectivity index (χ2v) is 7.55. The number of rotatable bonds is 4. The fourth-order valence-electron chi connectivity index (χ4n) is 3.92. The van der Waals surface area contributed by atoms with Crippen LogP contribution in [0.2, 0.25) is 0 Å². The second kappa shape index (κ2) is 7.26. The lowest BCUT2D eigenvalue weighted by atomic mass is 10.0. The third-order valence-corrected chi connectivity index (χ3v) is 5.47. The van der Waals surface area contributed by atoms with Crippen LogP contribution < -0.4 is 5.56 Å². The van der Waals surface area contributed by atoms with E-state index in [9.17, 15) is 14.0 Å². The van der Waals surface area contributed by atoms with Gasteiger partial charge < -0.3 is 4.90 Å². The first-order valence-corrected chi connectivity index (χ1v) is 9.77. The summed E-state index contributed by atoms with van der Waals surface area (Å²) in [5.41, 5.74) is 3.36. The van der Waals surface area contributed by atoms with Gasteiger partial charge in [-0.2, -0.15) is 0 Å². The molecule has 150 valence electrons. The van der Waals surface area contributed by atoms with Gasteiger partial charge in [0, 0.05) is 37.6 Å². The van der Waals surface area contributed by atoms with E-state index in [1.807, 2.05) is 35.2 Å². The van der Waals surface area contributed by atoms with Crippen molar-refractivity contribution in [2.75, 3.05) is 6.54 Å². The number of hydrogen-bond donors (Lipinski definition) is 1. The Morgan fingerprint density at radius 2 is 1.80 bits per heavy atom. The molecule has 4 aromatic rings. The van der Waals surface area contributed by atoms with Crippen LogP contribution in [0.15, 0.2) is 71.5 Å². The second-order valence-electron chi connectivity index (χ2n) is 7.55. The minimum Gasteiger partial charge on any atom is -0.338 e. The molecule has 30 heavy (non-hydrogen) atoms.